The van der Waals surface area contributed by atoms with Gasteiger partial charge in [0.2, 0.25) is 0 Å². The fourth-order valence-electron chi connectivity index (χ4n) is 0.851. The molecule has 0 fully saturated rings. The van der Waals surface area contributed by atoms with Crippen molar-refractivity contribution >= 4 is 5.78 Å². The number of rotatable bonds is 3. The van der Waals surface area contributed by atoms with Crippen molar-refractivity contribution in [3.05, 3.63) is 35.9 Å². The van der Waals surface area contributed by atoms with Crippen molar-refractivity contribution < 1.29 is 6.17 Å². The molecule has 11 heavy (non-hydrogen) atoms. The Morgan fingerprint density at radius 2 is 2.09 bits per heavy atom. The first-order valence-corrected chi connectivity index (χ1v) is 3.67. The Morgan fingerprint density at radius 3 is 2.64 bits per heavy atom. The van der Waals surface area contributed by atoms with E-state index in [1.807, 2.05) is 30.3 Å². The van der Waals surface area contributed by atoms with E-state index >= 15 is 0 Å². The van der Waals surface area contributed by atoms with Crippen LogP contribution in [0.5, 0.6) is 0 Å². The SMILES string of the molecule is [2H][C@H](CC(C)=O)c1ccccc1. The second-order valence-electron chi connectivity index (χ2n) is 2.52. The highest BCUT2D eigenvalue weighted by Gasteiger charge is 1.94. The Labute approximate surface area is 68.5 Å². The minimum atomic E-state index is -0.399. The number of Topliss-reactive ketones (excluding diaryl/α,β-unsaturated/α-hetero) is 1. The van der Waals surface area contributed by atoms with Crippen LogP contribution >= 0.6 is 0 Å². The summed E-state index contributed by atoms with van der Waals surface area (Å²) in [5, 5.41) is 0. The van der Waals surface area contributed by atoms with E-state index in [9.17, 15) is 4.79 Å². The van der Waals surface area contributed by atoms with Gasteiger partial charge in [-0.2, -0.15) is 0 Å². The van der Waals surface area contributed by atoms with Gasteiger partial charge in [-0.25, -0.2) is 0 Å². The molecule has 0 aromatic heterocycles. The van der Waals surface area contributed by atoms with Crippen molar-refractivity contribution in [3.8, 4) is 0 Å². The molecule has 0 unspecified atom stereocenters. The van der Waals surface area contributed by atoms with Crippen molar-refractivity contribution in [2.24, 2.45) is 0 Å². The summed E-state index contributed by atoms with van der Waals surface area (Å²) in [6, 6.07) is 9.43. The van der Waals surface area contributed by atoms with Crippen LogP contribution < -0.4 is 0 Å². The molecular weight excluding hydrogens is 136 g/mol. The molecule has 0 aliphatic carbocycles. The van der Waals surface area contributed by atoms with Gasteiger partial charge in [0.25, 0.3) is 0 Å². The Balaban J connectivity index is 2.65. The summed E-state index contributed by atoms with van der Waals surface area (Å²) >= 11 is 0. The molecule has 58 valence electrons. The molecule has 1 nitrogen and oxygen atoms in total. The van der Waals surface area contributed by atoms with E-state index in [1.54, 1.807) is 0 Å². The maximum atomic E-state index is 10.7. The molecule has 1 aromatic carbocycles. The second-order valence-corrected chi connectivity index (χ2v) is 2.52. The van der Waals surface area contributed by atoms with Crippen LogP contribution in [0.3, 0.4) is 0 Å². The molecule has 0 aliphatic rings. The molecule has 0 saturated heterocycles. The first-order chi connectivity index (χ1) is 5.70. The highest BCUT2D eigenvalue weighted by atomic mass is 16.1. The van der Waals surface area contributed by atoms with Crippen molar-refractivity contribution in [2.45, 2.75) is 19.7 Å². The predicted octanol–water partition coefficient (Wildman–Crippen LogP) is 2.21. The summed E-state index contributed by atoms with van der Waals surface area (Å²) < 4.78 is 7.62. The number of ketones is 1. The Hall–Kier alpha value is -1.11. The molecule has 1 rings (SSSR count). The molecule has 0 saturated carbocycles. The molecule has 0 bridgehead atoms. The van der Waals surface area contributed by atoms with Gasteiger partial charge in [-0.3, -0.25) is 0 Å². The third-order valence-corrected chi connectivity index (χ3v) is 1.42. The lowest BCUT2D eigenvalue weighted by Crippen LogP contribution is -1.92. The summed E-state index contributed by atoms with van der Waals surface area (Å²) in [5.41, 5.74) is 0.910. The maximum absolute atomic E-state index is 10.7. The van der Waals surface area contributed by atoms with Gasteiger partial charge in [-0.1, -0.05) is 30.3 Å². The molecule has 1 atom stereocenters. The first-order valence-electron chi connectivity index (χ1n) is 4.24. The Bertz CT molecular complexity index is 256. The van der Waals surface area contributed by atoms with Crippen LogP contribution in [0.2, 0.25) is 0 Å². The maximum Gasteiger partial charge on any atom is 0.130 e. The van der Waals surface area contributed by atoms with E-state index in [0.29, 0.717) is 6.42 Å². The number of carbonyl (C=O) groups excluding carboxylic acids is 1. The molecule has 0 radical (unpaired) electrons. The van der Waals surface area contributed by atoms with Gasteiger partial charge in [-0.05, 0) is 18.9 Å². The van der Waals surface area contributed by atoms with Crippen molar-refractivity contribution in [2.75, 3.05) is 0 Å². The van der Waals surface area contributed by atoms with Crippen LogP contribution in [0, 0.1) is 0 Å². The molecule has 0 spiro atoms. The molecule has 0 aliphatic heterocycles. The minimum Gasteiger partial charge on any atom is -0.300 e. The largest absolute Gasteiger partial charge is 0.300 e. The lowest BCUT2D eigenvalue weighted by molar-refractivity contribution is -0.116. The highest BCUT2D eigenvalue weighted by Crippen LogP contribution is 2.01. The number of carbonyl (C=O) groups is 1. The zero-order chi connectivity index (χ0) is 8.97. The Kier molecular flexibility index (Phi) is 2.35. The van der Waals surface area contributed by atoms with Gasteiger partial charge in [0.05, 0.1) is 0 Å². The van der Waals surface area contributed by atoms with Crippen LogP contribution in [0.25, 0.3) is 0 Å². The summed E-state index contributed by atoms with van der Waals surface area (Å²) in [6.45, 7) is 1.52. The molecular formula is C10H12O. The summed E-state index contributed by atoms with van der Waals surface area (Å²) in [4.78, 5) is 10.7. The molecule has 0 amide bonds. The fourth-order valence-corrected chi connectivity index (χ4v) is 0.851. The molecule has 0 N–H and O–H groups in total. The summed E-state index contributed by atoms with van der Waals surface area (Å²) in [7, 11) is 0. The lowest BCUT2D eigenvalue weighted by atomic mass is 10.1. The van der Waals surface area contributed by atoms with Crippen LogP contribution in [-0.4, -0.2) is 5.78 Å². The Morgan fingerprint density at radius 1 is 1.45 bits per heavy atom. The quantitative estimate of drug-likeness (QED) is 0.644. The zero-order valence-corrected chi connectivity index (χ0v) is 6.58. The molecule has 1 aromatic rings. The second kappa shape index (κ2) is 3.91. The van der Waals surface area contributed by atoms with E-state index in [0.717, 1.165) is 5.56 Å². The number of aryl methyl sites for hydroxylation is 1. The highest BCUT2D eigenvalue weighted by molar-refractivity contribution is 5.75. The van der Waals surface area contributed by atoms with E-state index in [-0.39, 0.29) is 5.78 Å². The standard InChI is InChI=1S/C10H12O/c1-9(11)7-8-10-5-3-2-4-6-10/h2-6H,7-8H2,1H3/i8D/t8-/m1/s1. The average Bonchev–Trinajstić information content (AvgIpc) is 2.05. The lowest BCUT2D eigenvalue weighted by Gasteiger charge is -1.96. The van der Waals surface area contributed by atoms with Crippen LogP contribution in [0.15, 0.2) is 30.3 Å². The number of hydrogen-bond donors (Lipinski definition) is 0. The zero-order valence-electron chi connectivity index (χ0n) is 7.58. The molecule has 1 heteroatoms. The topological polar surface area (TPSA) is 17.1 Å². The number of hydrogen-bond acceptors (Lipinski definition) is 1. The van der Waals surface area contributed by atoms with Crippen molar-refractivity contribution in [1.82, 2.24) is 0 Å². The van der Waals surface area contributed by atoms with E-state index in [1.165, 1.54) is 6.92 Å². The third kappa shape index (κ3) is 2.99. The van der Waals surface area contributed by atoms with Gasteiger partial charge in [0, 0.05) is 7.79 Å². The fraction of sp³-hybridized carbons (Fsp3) is 0.300. The summed E-state index contributed by atoms with van der Waals surface area (Å²) in [6.07, 6.45) is -0.0898. The van der Waals surface area contributed by atoms with E-state index in [4.69, 9.17) is 1.37 Å². The normalized spacial score (nSPS) is 13.7. The number of benzene rings is 1. The first kappa shape index (κ1) is 6.59. The smallest absolute Gasteiger partial charge is 0.130 e. The van der Waals surface area contributed by atoms with Crippen molar-refractivity contribution in [1.29, 1.82) is 0 Å². The van der Waals surface area contributed by atoms with Crippen LogP contribution in [-0.2, 0) is 11.2 Å². The third-order valence-electron chi connectivity index (χ3n) is 1.42. The van der Waals surface area contributed by atoms with Gasteiger partial charge in [-0.15, -0.1) is 0 Å². The predicted molar refractivity (Wildman–Crippen MR) is 45.4 cm³/mol. The molecule has 0 heterocycles. The van der Waals surface area contributed by atoms with Gasteiger partial charge < -0.3 is 4.79 Å². The van der Waals surface area contributed by atoms with Gasteiger partial charge in [0.15, 0.2) is 0 Å². The monoisotopic (exact) mass is 149 g/mol. The average molecular weight is 149 g/mol. The van der Waals surface area contributed by atoms with Crippen LogP contribution in [0.1, 0.15) is 20.3 Å². The van der Waals surface area contributed by atoms with Gasteiger partial charge in [0.1, 0.15) is 5.78 Å². The minimum absolute atomic E-state index is 0.0684. The van der Waals surface area contributed by atoms with E-state index in [2.05, 4.69) is 0 Å². The van der Waals surface area contributed by atoms with Crippen LogP contribution in [0.4, 0.5) is 0 Å². The van der Waals surface area contributed by atoms with Gasteiger partial charge >= 0.3 is 0 Å². The summed E-state index contributed by atoms with van der Waals surface area (Å²) in [5.74, 6) is 0.0684. The van der Waals surface area contributed by atoms with E-state index < -0.39 is 6.40 Å². The van der Waals surface area contributed by atoms with Crippen molar-refractivity contribution in [3.63, 3.8) is 0 Å².